The Morgan fingerprint density at radius 1 is 1.45 bits per heavy atom. The van der Waals surface area contributed by atoms with Crippen LogP contribution in [0.1, 0.15) is 18.9 Å². The normalized spacial score (nSPS) is 21.8. The van der Waals surface area contributed by atoms with E-state index in [2.05, 4.69) is 0 Å². The van der Waals surface area contributed by atoms with Crippen molar-refractivity contribution in [3.05, 3.63) is 34.4 Å². The number of aliphatic carboxylic acids is 1. The van der Waals surface area contributed by atoms with Gasteiger partial charge in [0.05, 0.1) is 5.57 Å². The minimum absolute atomic E-state index is 0.0430. The van der Waals surface area contributed by atoms with E-state index in [1.54, 1.807) is 0 Å². The number of ether oxygens (including phenoxy) is 1. The van der Waals surface area contributed by atoms with E-state index in [1.165, 1.54) is 25.1 Å². The summed E-state index contributed by atoms with van der Waals surface area (Å²) in [6.45, 7) is 1.23. The van der Waals surface area contributed by atoms with Gasteiger partial charge in [0.2, 0.25) is 5.60 Å². The molecule has 1 atom stereocenters. The molecule has 0 aliphatic carbocycles. The van der Waals surface area contributed by atoms with Gasteiger partial charge in [-0.05, 0) is 30.7 Å². The molecule has 3 nitrogen and oxygen atoms in total. The first-order chi connectivity index (χ1) is 9.21. The summed E-state index contributed by atoms with van der Waals surface area (Å²) < 4.78 is 45.0. The molecule has 1 N–H and O–H groups in total. The maximum absolute atomic E-state index is 13.3. The molecule has 0 aromatic heterocycles. The van der Waals surface area contributed by atoms with E-state index >= 15 is 0 Å². The maximum atomic E-state index is 13.3. The fourth-order valence-corrected chi connectivity index (χ4v) is 2.33. The van der Waals surface area contributed by atoms with E-state index in [-0.39, 0.29) is 16.3 Å². The average molecular weight is 307 g/mol. The lowest BCUT2D eigenvalue weighted by molar-refractivity contribution is -0.236. The smallest absolute Gasteiger partial charge is 0.432 e. The van der Waals surface area contributed by atoms with Crippen LogP contribution < -0.4 is 4.74 Å². The first-order valence-corrected chi connectivity index (χ1v) is 6.10. The van der Waals surface area contributed by atoms with Crippen LogP contribution >= 0.6 is 11.6 Å². The number of rotatable bonds is 2. The second-order valence-electron chi connectivity index (χ2n) is 4.33. The molecular weight excluding hydrogens is 297 g/mol. The second kappa shape index (κ2) is 4.70. The highest BCUT2D eigenvalue weighted by molar-refractivity contribution is 6.30. The number of carbonyl (C=O) groups is 1. The summed E-state index contributed by atoms with van der Waals surface area (Å²) in [5.74, 6) is -1.71. The Kier molecular flexibility index (Phi) is 3.46. The van der Waals surface area contributed by atoms with Crippen molar-refractivity contribution in [1.29, 1.82) is 0 Å². The fraction of sp³-hybridized carbons (Fsp3) is 0.308. The zero-order valence-corrected chi connectivity index (χ0v) is 11.0. The van der Waals surface area contributed by atoms with Gasteiger partial charge in [0.15, 0.2) is 0 Å². The van der Waals surface area contributed by atoms with Crippen molar-refractivity contribution in [2.45, 2.75) is 25.1 Å². The van der Waals surface area contributed by atoms with Gasteiger partial charge in [-0.3, -0.25) is 0 Å². The molecule has 7 heteroatoms. The molecule has 0 fully saturated rings. The zero-order chi connectivity index (χ0) is 15.1. The molecule has 1 aromatic rings. The van der Waals surface area contributed by atoms with Gasteiger partial charge in [-0.2, -0.15) is 13.2 Å². The molecule has 0 radical (unpaired) electrons. The number of carboxylic acids is 1. The van der Waals surface area contributed by atoms with Crippen molar-refractivity contribution in [2.24, 2.45) is 0 Å². The zero-order valence-electron chi connectivity index (χ0n) is 10.3. The largest absolute Gasteiger partial charge is 0.478 e. The molecule has 0 amide bonds. The molecule has 2 rings (SSSR count). The van der Waals surface area contributed by atoms with Gasteiger partial charge < -0.3 is 9.84 Å². The van der Waals surface area contributed by atoms with Crippen LogP contribution in [0.3, 0.4) is 0 Å². The highest BCUT2D eigenvalue weighted by Crippen LogP contribution is 2.47. The maximum Gasteiger partial charge on any atom is 0.432 e. The average Bonchev–Trinajstić information content (AvgIpc) is 2.35. The lowest BCUT2D eigenvalue weighted by Crippen LogP contribution is -2.54. The standard InChI is InChI=1S/C13H10ClF3O3/c1-2-12(13(15,16)17)9(11(18)19)6-7-5-8(14)3-4-10(7)20-12/h3-6H,2H2,1H3,(H,18,19). The van der Waals surface area contributed by atoms with Crippen LogP contribution in [-0.4, -0.2) is 22.9 Å². The number of benzene rings is 1. The quantitative estimate of drug-likeness (QED) is 0.901. The van der Waals surface area contributed by atoms with Crippen molar-refractivity contribution in [1.82, 2.24) is 0 Å². The monoisotopic (exact) mass is 306 g/mol. The molecule has 0 spiro atoms. The van der Waals surface area contributed by atoms with Gasteiger partial charge >= 0.3 is 12.1 Å². The van der Waals surface area contributed by atoms with Crippen LogP contribution in [0.2, 0.25) is 5.02 Å². The van der Waals surface area contributed by atoms with E-state index in [0.717, 1.165) is 6.08 Å². The minimum atomic E-state index is -4.84. The summed E-state index contributed by atoms with van der Waals surface area (Å²) in [6, 6.07) is 4.04. The van der Waals surface area contributed by atoms with Gasteiger partial charge in [0.25, 0.3) is 0 Å². The molecule has 1 aliphatic rings. The van der Waals surface area contributed by atoms with Crippen LogP contribution in [0.4, 0.5) is 13.2 Å². The predicted molar refractivity (Wildman–Crippen MR) is 66.8 cm³/mol. The molecule has 1 heterocycles. The molecule has 0 saturated heterocycles. The van der Waals surface area contributed by atoms with Crippen LogP contribution in [0.15, 0.2) is 23.8 Å². The first-order valence-electron chi connectivity index (χ1n) is 5.72. The molecule has 1 unspecified atom stereocenters. The molecule has 108 valence electrons. The number of fused-ring (bicyclic) bond motifs is 1. The van der Waals surface area contributed by atoms with Gasteiger partial charge in [0.1, 0.15) is 5.75 Å². The Balaban J connectivity index is 2.69. The fourth-order valence-electron chi connectivity index (χ4n) is 2.15. The third-order valence-electron chi connectivity index (χ3n) is 3.18. The Morgan fingerprint density at radius 3 is 2.60 bits per heavy atom. The van der Waals surface area contributed by atoms with Gasteiger partial charge in [-0.15, -0.1) is 0 Å². The Bertz CT molecular complexity index is 595. The highest BCUT2D eigenvalue weighted by atomic mass is 35.5. The Morgan fingerprint density at radius 2 is 2.10 bits per heavy atom. The third kappa shape index (κ3) is 2.14. The lowest BCUT2D eigenvalue weighted by Gasteiger charge is -2.38. The van der Waals surface area contributed by atoms with E-state index in [9.17, 15) is 18.0 Å². The van der Waals surface area contributed by atoms with Crippen LogP contribution in [0, 0.1) is 0 Å². The number of hydrogen-bond donors (Lipinski definition) is 1. The second-order valence-corrected chi connectivity index (χ2v) is 4.76. The van der Waals surface area contributed by atoms with E-state index < -0.39 is 29.7 Å². The minimum Gasteiger partial charge on any atom is -0.478 e. The van der Waals surface area contributed by atoms with Gasteiger partial charge in [-0.1, -0.05) is 18.5 Å². The van der Waals surface area contributed by atoms with E-state index in [4.69, 9.17) is 21.4 Å². The van der Waals surface area contributed by atoms with Crippen molar-refractivity contribution in [3.63, 3.8) is 0 Å². The molecule has 0 bridgehead atoms. The SMILES string of the molecule is CCC1(C(F)(F)F)Oc2ccc(Cl)cc2C=C1C(=O)O. The number of hydrogen-bond acceptors (Lipinski definition) is 2. The molecule has 1 aromatic carbocycles. The lowest BCUT2D eigenvalue weighted by atomic mass is 9.86. The molecular formula is C13H10ClF3O3. The summed E-state index contributed by atoms with van der Waals surface area (Å²) in [5.41, 5.74) is -3.48. The van der Waals surface area contributed by atoms with E-state index in [1.807, 2.05) is 0 Å². The summed E-state index contributed by atoms with van der Waals surface area (Å²) >= 11 is 5.74. The summed E-state index contributed by atoms with van der Waals surface area (Å²) in [6.07, 6.45) is -4.43. The van der Waals surface area contributed by atoms with Gasteiger partial charge in [-0.25, -0.2) is 4.79 Å². The van der Waals surface area contributed by atoms with Crippen LogP contribution in [0.5, 0.6) is 5.75 Å². The Hall–Kier alpha value is -1.69. The predicted octanol–water partition coefficient (Wildman–Crippen LogP) is 3.91. The molecule has 1 aliphatic heterocycles. The number of halogens is 4. The molecule has 20 heavy (non-hydrogen) atoms. The van der Waals surface area contributed by atoms with E-state index in [0.29, 0.717) is 0 Å². The first kappa shape index (κ1) is 14.7. The van der Waals surface area contributed by atoms with Gasteiger partial charge in [0, 0.05) is 10.6 Å². The summed E-state index contributed by atoms with van der Waals surface area (Å²) in [7, 11) is 0. The summed E-state index contributed by atoms with van der Waals surface area (Å²) in [4.78, 5) is 11.2. The highest BCUT2D eigenvalue weighted by Gasteiger charge is 2.61. The van der Waals surface area contributed by atoms with Crippen LogP contribution in [0.25, 0.3) is 6.08 Å². The topological polar surface area (TPSA) is 46.5 Å². The number of carboxylic acid groups (broad SMARTS) is 1. The third-order valence-corrected chi connectivity index (χ3v) is 3.41. The van der Waals surface area contributed by atoms with Crippen molar-refractivity contribution < 1.29 is 27.8 Å². The Labute approximate surface area is 117 Å². The van der Waals surface area contributed by atoms with Crippen LogP contribution in [-0.2, 0) is 4.79 Å². The van der Waals surface area contributed by atoms with Crippen molar-refractivity contribution in [2.75, 3.05) is 0 Å². The number of alkyl halides is 3. The molecule has 0 saturated carbocycles. The summed E-state index contributed by atoms with van der Waals surface area (Å²) in [5, 5.41) is 9.36. The van der Waals surface area contributed by atoms with Crippen molar-refractivity contribution >= 4 is 23.6 Å². The van der Waals surface area contributed by atoms with Crippen molar-refractivity contribution in [3.8, 4) is 5.75 Å².